The molecular weight excluding hydrogens is 296 g/mol. The van der Waals surface area contributed by atoms with Crippen molar-refractivity contribution < 1.29 is 9.59 Å². The lowest BCUT2D eigenvalue weighted by Crippen LogP contribution is -2.34. The highest BCUT2D eigenvalue weighted by atomic mass is 35.5. The maximum absolute atomic E-state index is 12.3. The Morgan fingerprint density at radius 3 is 2.85 bits per heavy atom. The summed E-state index contributed by atoms with van der Waals surface area (Å²) >= 11 is 7.37. The van der Waals surface area contributed by atoms with Crippen LogP contribution < -0.4 is 5.32 Å². The van der Waals surface area contributed by atoms with Crippen molar-refractivity contribution >= 4 is 34.8 Å². The molecule has 1 saturated carbocycles. The van der Waals surface area contributed by atoms with Crippen molar-refractivity contribution in [3.8, 4) is 0 Å². The lowest BCUT2D eigenvalue weighted by Gasteiger charge is -2.17. The zero-order valence-corrected chi connectivity index (χ0v) is 12.8. The van der Waals surface area contributed by atoms with Gasteiger partial charge in [0.25, 0.3) is 0 Å². The number of likely N-dealkylation sites (tertiary alicyclic amines) is 1. The van der Waals surface area contributed by atoms with Gasteiger partial charge in [0.05, 0.1) is 16.3 Å². The van der Waals surface area contributed by atoms with Crippen molar-refractivity contribution in [2.45, 2.75) is 38.3 Å². The fourth-order valence-electron chi connectivity index (χ4n) is 2.61. The Morgan fingerprint density at radius 2 is 2.25 bits per heavy atom. The SMILES string of the molecule is C[C@@H](NC(=O)[C@@H]1CC(=O)N(C2CC2)C1)c1ccc(Cl)s1. The molecule has 6 heteroatoms. The zero-order valence-electron chi connectivity index (χ0n) is 11.3. The summed E-state index contributed by atoms with van der Waals surface area (Å²) in [5, 5.41) is 2.99. The number of nitrogens with one attached hydrogen (secondary N) is 1. The Bertz CT molecular complexity index is 541. The third-order valence-corrected chi connectivity index (χ3v) is 5.31. The van der Waals surface area contributed by atoms with Gasteiger partial charge < -0.3 is 10.2 Å². The standard InChI is InChI=1S/C14H17ClN2O2S/c1-8(11-4-5-12(15)20-11)16-14(19)9-6-13(18)17(7-9)10-2-3-10/h4-5,8-10H,2-3,6-7H2,1H3,(H,16,19)/t8-,9-/m1/s1. The van der Waals surface area contributed by atoms with Gasteiger partial charge in [0, 0.05) is 23.9 Å². The lowest BCUT2D eigenvalue weighted by atomic mass is 10.1. The van der Waals surface area contributed by atoms with Gasteiger partial charge in [-0.15, -0.1) is 11.3 Å². The number of halogens is 1. The van der Waals surface area contributed by atoms with Crippen LogP contribution >= 0.6 is 22.9 Å². The summed E-state index contributed by atoms with van der Waals surface area (Å²) in [6.45, 7) is 2.52. The van der Waals surface area contributed by atoms with Crippen LogP contribution in [0.15, 0.2) is 12.1 Å². The smallest absolute Gasteiger partial charge is 0.225 e. The predicted molar refractivity (Wildman–Crippen MR) is 78.7 cm³/mol. The van der Waals surface area contributed by atoms with E-state index >= 15 is 0 Å². The molecule has 0 radical (unpaired) electrons. The first kappa shape index (κ1) is 13.9. The monoisotopic (exact) mass is 312 g/mol. The number of carbonyl (C=O) groups excluding carboxylic acids is 2. The summed E-state index contributed by atoms with van der Waals surface area (Å²) in [5.74, 6) is -0.112. The first-order chi connectivity index (χ1) is 9.54. The minimum atomic E-state index is -0.207. The number of hydrogen-bond acceptors (Lipinski definition) is 3. The van der Waals surface area contributed by atoms with E-state index in [1.807, 2.05) is 24.0 Å². The molecule has 0 spiro atoms. The van der Waals surface area contributed by atoms with E-state index in [-0.39, 0.29) is 23.8 Å². The molecule has 0 aromatic carbocycles. The molecule has 0 bridgehead atoms. The topological polar surface area (TPSA) is 49.4 Å². The van der Waals surface area contributed by atoms with E-state index < -0.39 is 0 Å². The molecule has 1 saturated heterocycles. The zero-order chi connectivity index (χ0) is 14.3. The molecule has 0 unspecified atom stereocenters. The van der Waals surface area contributed by atoms with Crippen LogP contribution in [0.5, 0.6) is 0 Å². The van der Waals surface area contributed by atoms with Crippen LogP contribution in [0.3, 0.4) is 0 Å². The maximum Gasteiger partial charge on any atom is 0.225 e. The van der Waals surface area contributed by atoms with E-state index in [0.717, 1.165) is 22.1 Å². The highest BCUT2D eigenvalue weighted by Crippen LogP contribution is 2.33. The number of amides is 2. The molecule has 2 heterocycles. The molecule has 1 aromatic heterocycles. The van der Waals surface area contributed by atoms with Gasteiger partial charge in [-0.2, -0.15) is 0 Å². The van der Waals surface area contributed by atoms with E-state index in [1.165, 1.54) is 11.3 Å². The lowest BCUT2D eigenvalue weighted by molar-refractivity contribution is -0.129. The Morgan fingerprint density at radius 1 is 1.50 bits per heavy atom. The van der Waals surface area contributed by atoms with Gasteiger partial charge >= 0.3 is 0 Å². The normalized spacial score (nSPS) is 24.0. The summed E-state index contributed by atoms with van der Waals surface area (Å²) in [5.41, 5.74) is 0. The van der Waals surface area contributed by atoms with Crippen LogP contribution in [0.2, 0.25) is 4.34 Å². The van der Waals surface area contributed by atoms with Crippen molar-refractivity contribution in [2.75, 3.05) is 6.54 Å². The number of hydrogen-bond donors (Lipinski definition) is 1. The Hall–Kier alpha value is -1.07. The number of thiophene rings is 1. The molecule has 1 N–H and O–H groups in total. The van der Waals surface area contributed by atoms with Gasteiger partial charge in [0.15, 0.2) is 0 Å². The van der Waals surface area contributed by atoms with Crippen molar-refractivity contribution in [3.05, 3.63) is 21.3 Å². The van der Waals surface area contributed by atoms with Crippen LogP contribution in [0, 0.1) is 5.92 Å². The van der Waals surface area contributed by atoms with Crippen LogP contribution in [0.25, 0.3) is 0 Å². The molecule has 2 amide bonds. The minimum absolute atomic E-state index is 0.0291. The molecule has 3 rings (SSSR count). The largest absolute Gasteiger partial charge is 0.348 e. The summed E-state index contributed by atoms with van der Waals surface area (Å²) in [4.78, 5) is 27.0. The number of carbonyl (C=O) groups is 2. The maximum atomic E-state index is 12.3. The number of nitrogens with zero attached hydrogens (tertiary/aromatic N) is 1. The fraction of sp³-hybridized carbons (Fsp3) is 0.571. The summed E-state index contributed by atoms with van der Waals surface area (Å²) in [7, 11) is 0. The molecule has 1 aliphatic carbocycles. The Balaban J connectivity index is 1.58. The van der Waals surface area contributed by atoms with E-state index in [0.29, 0.717) is 19.0 Å². The van der Waals surface area contributed by atoms with Crippen molar-refractivity contribution in [2.24, 2.45) is 5.92 Å². The van der Waals surface area contributed by atoms with Gasteiger partial charge in [-0.3, -0.25) is 9.59 Å². The Kier molecular flexibility index (Phi) is 3.73. The molecule has 4 nitrogen and oxygen atoms in total. The van der Waals surface area contributed by atoms with E-state index in [2.05, 4.69) is 5.32 Å². The third-order valence-electron chi connectivity index (χ3n) is 3.90. The van der Waals surface area contributed by atoms with Gasteiger partial charge in [-0.25, -0.2) is 0 Å². The Labute approximate surface area is 127 Å². The predicted octanol–water partition coefficient (Wildman–Crippen LogP) is 2.59. The molecule has 108 valence electrons. The van der Waals surface area contributed by atoms with E-state index in [1.54, 1.807) is 0 Å². The first-order valence-electron chi connectivity index (χ1n) is 6.89. The average Bonchev–Trinajstić information content (AvgIpc) is 3.03. The van der Waals surface area contributed by atoms with Gasteiger partial charge in [-0.1, -0.05) is 11.6 Å². The second-order valence-electron chi connectivity index (χ2n) is 5.55. The van der Waals surface area contributed by atoms with Gasteiger partial charge in [0.1, 0.15) is 0 Å². The quantitative estimate of drug-likeness (QED) is 0.929. The van der Waals surface area contributed by atoms with Crippen LogP contribution in [0.1, 0.15) is 37.1 Å². The highest BCUT2D eigenvalue weighted by Gasteiger charge is 2.41. The summed E-state index contributed by atoms with van der Waals surface area (Å²) in [6, 6.07) is 4.09. The van der Waals surface area contributed by atoms with Crippen LogP contribution in [0.4, 0.5) is 0 Å². The van der Waals surface area contributed by atoms with Crippen molar-refractivity contribution in [3.63, 3.8) is 0 Å². The minimum Gasteiger partial charge on any atom is -0.348 e. The first-order valence-corrected chi connectivity index (χ1v) is 8.09. The summed E-state index contributed by atoms with van der Waals surface area (Å²) in [6.07, 6.45) is 2.52. The van der Waals surface area contributed by atoms with Crippen LogP contribution in [-0.4, -0.2) is 29.3 Å². The fourth-order valence-corrected chi connectivity index (χ4v) is 3.67. The number of rotatable bonds is 4. The van der Waals surface area contributed by atoms with Gasteiger partial charge in [-0.05, 0) is 31.9 Å². The molecule has 2 fully saturated rings. The molecular formula is C14H17ClN2O2S. The molecule has 20 heavy (non-hydrogen) atoms. The second kappa shape index (κ2) is 5.37. The molecule has 1 aliphatic heterocycles. The molecule has 1 aromatic rings. The van der Waals surface area contributed by atoms with Crippen molar-refractivity contribution in [1.29, 1.82) is 0 Å². The van der Waals surface area contributed by atoms with E-state index in [4.69, 9.17) is 11.6 Å². The average molecular weight is 313 g/mol. The molecule has 2 aliphatic rings. The van der Waals surface area contributed by atoms with Crippen molar-refractivity contribution in [1.82, 2.24) is 10.2 Å². The summed E-state index contributed by atoms with van der Waals surface area (Å²) < 4.78 is 0.719. The van der Waals surface area contributed by atoms with Crippen LogP contribution in [-0.2, 0) is 9.59 Å². The van der Waals surface area contributed by atoms with E-state index in [9.17, 15) is 9.59 Å². The van der Waals surface area contributed by atoms with Gasteiger partial charge in [0.2, 0.25) is 11.8 Å². The molecule has 2 atom stereocenters. The highest BCUT2D eigenvalue weighted by molar-refractivity contribution is 7.16. The second-order valence-corrected chi connectivity index (χ2v) is 7.30. The third kappa shape index (κ3) is 2.83.